The molecule has 0 aliphatic heterocycles. The maximum absolute atomic E-state index is 12.6. The van der Waals surface area contributed by atoms with Gasteiger partial charge in [0.05, 0.1) is 18.5 Å². The van der Waals surface area contributed by atoms with E-state index in [0.717, 1.165) is 22.6 Å². The van der Waals surface area contributed by atoms with Gasteiger partial charge in [0.1, 0.15) is 12.1 Å². The minimum Gasteiger partial charge on any atom is -0.496 e. The van der Waals surface area contributed by atoms with Crippen LogP contribution < -0.4 is 10.1 Å². The van der Waals surface area contributed by atoms with Crippen LogP contribution in [0.1, 0.15) is 15.9 Å². The van der Waals surface area contributed by atoms with Crippen LogP contribution in [0.3, 0.4) is 0 Å². The van der Waals surface area contributed by atoms with Gasteiger partial charge < -0.3 is 4.74 Å². The van der Waals surface area contributed by atoms with Gasteiger partial charge in [-0.05, 0) is 47.7 Å². The predicted molar refractivity (Wildman–Crippen MR) is 106 cm³/mol. The summed E-state index contributed by atoms with van der Waals surface area (Å²) in [5.41, 5.74) is 3.93. The fraction of sp³-hybridized carbons (Fsp3) is 0.105. The number of aromatic nitrogens is 5. The highest BCUT2D eigenvalue weighted by atomic mass is 32.1. The first-order valence-electron chi connectivity index (χ1n) is 8.39. The van der Waals surface area contributed by atoms with Gasteiger partial charge in [-0.3, -0.25) is 10.1 Å². The molecular weight excluding hydrogens is 376 g/mol. The average molecular weight is 392 g/mol. The number of ether oxygens (including phenoxy) is 1. The third-order valence-corrected chi connectivity index (χ3v) is 4.84. The Hall–Kier alpha value is -3.59. The normalized spacial score (nSPS) is 10.6. The van der Waals surface area contributed by atoms with Gasteiger partial charge in [-0.15, -0.1) is 16.4 Å². The Bertz CT molecular complexity index is 1120. The summed E-state index contributed by atoms with van der Waals surface area (Å²) < 4.78 is 6.91. The molecule has 9 heteroatoms. The molecule has 0 aliphatic carbocycles. The van der Waals surface area contributed by atoms with E-state index in [1.165, 1.54) is 22.3 Å². The van der Waals surface area contributed by atoms with E-state index >= 15 is 0 Å². The summed E-state index contributed by atoms with van der Waals surface area (Å²) >= 11 is 1.36. The standard InChI is InChI=1S/C19H16N6O2S/c1-12-6-7-17(27-2)15(8-12)16-10-28-19(21-16)22-18(26)13-4-3-5-14(9-13)25-11-20-23-24-25/h3-11H,1-2H3,(H,21,22,26). The molecule has 2 aromatic carbocycles. The van der Waals surface area contributed by atoms with E-state index < -0.39 is 0 Å². The van der Waals surface area contributed by atoms with Crippen molar-refractivity contribution in [2.75, 3.05) is 12.4 Å². The summed E-state index contributed by atoms with van der Waals surface area (Å²) in [6, 6.07) is 12.9. The lowest BCUT2D eigenvalue weighted by Gasteiger charge is -2.07. The van der Waals surface area contributed by atoms with Crippen molar-refractivity contribution in [1.82, 2.24) is 25.2 Å². The van der Waals surface area contributed by atoms with Gasteiger partial charge in [0, 0.05) is 16.5 Å². The number of carbonyl (C=O) groups is 1. The second-order valence-electron chi connectivity index (χ2n) is 6.00. The van der Waals surface area contributed by atoms with Crippen molar-refractivity contribution < 1.29 is 9.53 Å². The minimum absolute atomic E-state index is 0.257. The van der Waals surface area contributed by atoms with Crippen molar-refractivity contribution in [2.24, 2.45) is 0 Å². The molecule has 4 aromatic rings. The number of nitrogens with zero attached hydrogens (tertiary/aromatic N) is 5. The number of methoxy groups -OCH3 is 1. The van der Waals surface area contributed by atoms with Gasteiger partial charge in [-0.25, -0.2) is 9.67 Å². The third-order valence-electron chi connectivity index (χ3n) is 4.08. The lowest BCUT2D eigenvalue weighted by molar-refractivity contribution is 0.102. The van der Waals surface area contributed by atoms with E-state index in [9.17, 15) is 4.79 Å². The molecule has 0 radical (unpaired) electrons. The van der Waals surface area contributed by atoms with Crippen molar-refractivity contribution in [1.29, 1.82) is 0 Å². The number of nitrogens with one attached hydrogen (secondary N) is 1. The summed E-state index contributed by atoms with van der Waals surface area (Å²) in [7, 11) is 1.63. The van der Waals surface area contributed by atoms with E-state index in [0.29, 0.717) is 16.4 Å². The maximum atomic E-state index is 12.6. The van der Waals surface area contributed by atoms with E-state index in [1.807, 2.05) is 36.6 Å². The molecule has 0 unspecified atom stereocenters. The van der Waals surface area contributed by atoms with Crippen LogP contribution >= 0.6 is 11.3 Å². The zero-order valence-corrected chi connectivity index (χ0v) is 16.0. The topological polar surface area (TPSA) is 94.8 Å². The molecule has 2 heterocycles. The minimum atomic E-state index is -0.257. The number of aryl methyl sites for hydroxylation is 1. The molecule has 0 saturated carbocycles. The van der Waals surface area contributed by atoms with Crippen molar-refractivity contribution in [3.05, 3.63) is 65.3 Å². The van der Waals surface area contributed by atoms with Crippen LogP contribution in [0.15, 0.2) is 54.2 Å². The first-order chi connectivity index (χ1) is 13.6. The fourth-order valence-corrected chi connectivity index (χ4v) is 3.42. The van der Waals surface area contributed by atoms with Gasteiger partial charge in [0.2, 0.25) is 0 Å². The SMILES string of the molecule is COc1ccc(C)cc1-c1csc(NC(=O)c2cccc(-n3cnnn3)c2)n1. The van der Waals surface area contributed by atoms with Gasteiger partial charge in [0.15, 0.2) is 5.13 Å². The molecule has 1 amide bonds. The van der Waals surface area contributed by atoms with Crippen molar-refractivity contribution in [3.8, 4) is 22.7 Å². The molecule has 2 aromatic heterocycles. The Morgan fingerprint density at radius 2 is 2.11 bits per heavy atom. The van der Waals surface area contributed by atoms with Gasteiger partial charge >= 0.3 is 0 Å². The van der Waals surface area contributed by atoms with Crippen molar-refractivity contribution in [3.63, 3.8) is 0 Å². The second kappa shape index (κ2) is 7.57. The lowest BCUT2D eigenvalue weighted by atomic mass is 10.1. The Morgan fingerprint density at radius 1 is 1.21 bits per heavy atom. The number of carbonyl (C=O) groups excluding carboxylic acids is 1. The van der Waals surface area contributed by atoms with E-state index in [2.05, 4.69) is 25.8 Å². The molecule has 0 saturated heterocycles. The van der Waals surface area contributed by atoms with Gasteiger partial charge in [-0.1, -0.05) is 17.7 Å². The van der Waals surface area contributed by atoms with Crippen molar-refractivity contribution in [2.45, 2.75) is 6.92 Å². The van der Waals surface area contributed by atoms with Crippen LogP contribution in [-0.2, 0) is 0 Å². The molecular formula is C19H16N6O2S. The molecule has 0 aliphatic rings. The van der Waals surface area contributed by atoms with Crippen LogP contribution in [0.4, 0.5) is 5.13 Å². The van der Waals surface area contributed by atoms with Gasteiger partial charge in [-0.2, -0.15) is 0 Å². The number of rotatable bonds is 5. The Balaban J connectivity index is 1.56. The summed E-state index contributed by atoms with van der Waals surface area (Å²) in [5, 5.41) is 16.3. The van der Waals surface area contributed by atoms with E-state index in [1.54, 1.807) is 25.3 Å². The number of hydrogen-bond acceptors (Lipinski definition) is 7. The lowest BCUT2D eigenvalue weighted by Crippen LogP contribution is -2.12. The first kappa shape index (κ1) is 17.8. The quantitative estimate of drug-likeness (QED) is 0.560. The number of thiazole rings is 1. The number of anilines is 1. The highest BCUT2D eigenvalue weighted by Gasteiger charge is 2.13. The zero-order valence-electron chi connectivity index (χ0n) is 15.2. The summed E-state index contributed by atoms with van der Waals surface area (Å²) in [5.74, 6) is 0.481. The van der Waals surface area contributed by atoms with Crippen LogP contribution in [0, 0.1) is 6.92 Å². The van der Waals surface area contributed by atoms with Crippen LogP contribution in [-0.4, -0.2) is 38.2 Å². The molecule has 28 heavy (non-hydrogen) atoms. The van der Waals surface area contributed by atoms with E-state index in [-0.39, 0.29) is 5.91 Å². The summed E-state index contributed by atoms with van der Waals surface area (Å²) in [4.78, 5) is 17.2. The molecule has 4 rings (SSSR count). The Morgan fingerprint density at radius 3 is 2.89 bits per heavy atom. The zero-order chi connectivity index (χ0) is 19.5. The van der Waals surface area contributed by atoms with Crippen molar-refractivity contribution >= 4 is 22.4 Å². The van der Waals surface area contributed by atoms with Crippen LogP contribution in [0.2, 0.25) is 0 Å². The van der Waals surface area contributed by atoms with Crippen LogP contribution in [0.5, 0.6) is 5.75 Å². The highest BCUT2D eigenvalue weighted by Crippen LogP contribution is 2.33. The predicted octanol–water partition coefficient (Wildman–Crippen LogP) is 3.36. The summed E-state index contributed by atoms with van der Waals surface area (Å²) in [6.45, 7) is 2.01. The number of benzene rings is 2. The largest absolute Gasteiger partial charge is 0.496 e. The molecule has 1 N–H and O–H groups in total. The Labute approximate surface area is 164 Å². The third kappa shape index (κ3) is 3.60. The second-order valence-corrected chi connectivity index (χ2v) is 6.86. The maximum Gasteiger partial charge on any atom is 0.257 e. The Kier molecular flexibility index (Phi) is 4.81. The first-order valence-corrected chi connectivity index (χ1v) is 9.27. The monoisotopic (exact) mass is 392 g/mol. The number of tetrazole rings is 1. The molecule has 8 nitrogen and oxygen atoms in total. The van der Waals surface area contributed by atoms with Crippen LogP contribution in [0.25, 0.3) is 16.9 Å². The van der Waals surface area contributed by atoms with Gasteiger partial charge in [0.25, 0.3) is 5.91 Å². The molecule has 0 bridgehead atoms. The smallest absolute Gasteiger partial charge is 0.257 e. The molecule has 0 spiro atoms. The van der Waals surface area contributed by atoms with E-state index in [4.69, 9.17) is 4.74 Å². The summed E-state index contributed by atoms with van der Waals surface area (Å²) in [6.07, 6.45) is 1.47. The molecule has 0 atom stereocenters. The molecule has 140 valence electrons. The highest BCUT2D eigenvalue weighted by molar-refractivity contribution is 7.14. The average Bonchev–Trinajstić information content (AvgIpc) is 3.40. The molecule has 0 fully saturated rings. The number of hydrogen-bond donors (Lipinski definition) is 1. The number of amides is 1. The fourth-order valence-electron chi connectivity index (χ4n) is 2.72.